The summed E-state index contributed by atoms with van der Waals surface area (Å²) in [5, 5.41) is 9.03. The molecule has 1 aromatic heterocycles. The van der Waals surface area contributed by atoms with Crippen LogP contribution in [0.4, 0.5) is 0 Å². The molecular formula is C21H24N4O2. The van der Waals surface area contributed by atoms with Crippen molar-refractivity contribution in [3.8, 4) is 0 Å². The molecule has 2 fully saturated rings. The predicted octanol–water partition coefficient (Wildman–Crippen LogP) is 1.29. The minimum absolute atomic E-state index is 0.132. The lowest BCUT2D eigenvalue weighted by Crippen LogP contribution is -2.33. The van der Waals surface area contributed by atoms with Crippen LogP contribution in [0.3, 0.4) is 0 Å². The first kappa shape index (κ1) is 17.7. The first-order valence-corrected chi connectivity index (χ1v) is 9.35. The molecule has 2 amide bonds. The van der Waals surface area contributed by atoms with Crippen molar-refractivity contribution >= 4 is 11.8 Å². The Labute approximate surface area is 158 Å². The molecule has 140 valence electrons. The molecule has 1 saturated heterocycles. The van der Waals surface area contributed by atoms with E-state index in [4.69, 9.17) is 0 Å². The molecular weight excluding hydrogens is 340 g/mol. The number of benzene rings is 1. The first-order valence-electron chi connectivity index (χ1n) is 9.35. The normalized spacial score (nSPS) is 22.8. The molecule has 1 aliphatic carbocycles. The van der Waals surface area contributed by atoms with E-state index in [1.54, 1.807) is 19.2 Å². The molecule has 6 nitrogen and oxygen atoms in total. The highest BCUT2D eigenvalue weighted by molar-refractivity contribution is 5.98. The summed E-state index contributed by atoms with van der Waals surface area (Å²) < 4.78 is 0. The van der Waals surface area contributed by atoms with Gasteiger partial charge in [-0.15, -0.1) is 0 Å². The van der Waals surface area contributed by atoms with E-state index in [0.717, 1.165) is 18.7 Å². The van der Waals surface area contributed by atoms with Gasteiger partial charge in [0.1, 0.15) is 5.69 Å². The summed E-state index contributed by atoms with van der Waals surface area (Å²) in [5.74, 6) is 0.664. The van der Waals surface area contributed by atoms with Crippen LogP contribution in [0.25, 0.3) is 0 Å². The molecule has 6 heteroatoms. The molecule has 27 heavy (non-hydrogen) atoms. The number of hydrogen-bond acceptors (Lipinski definition) is 4. The van der Waals surface area contributed by atoms with Gasteiger partial charge in [-0.2, -0.15) is 0 Å². The van der Waals surface area contributed by atoms with E-state index in [2.05, 4.69) is 27.0 Å². The van der Waals surface area contributed by atoms with Crippen molar-refractivity contribution in [2.75, 3.05) is 20.1 Å². The molecule has 1 saturated carbocycles. The molecule has 2 heterocycles. The van der Waals surface area contributed by atoms with Gasteiger partial charge in [0.25, 0.3) is 11.8 Å². The number of piperidine rings is 1. The van der Waals surface area contributed by atoms with Crippen LogP contribution in [0.15, 0.2) is 36.4 Å². The molecule has 1 aliphatic heterocycles. The van der Waals surface area contributed by atoms with Crippen LogP contribution in [-0.4, -0.2) is 43.0 Å². The van der Waals surface area contributed by atoms with E-state index in [1.807, 2.05) is 25.1 Å². The predicted molar refractivity (Wildman–Crippen MR) is 103 cm³/mol. The number of hydrogen-bond donors (Lipinski definition) is 3. The number of aromatic nitrogens is 1. The van der Waals surface area contributed by atoms with Gasteiger partial charge in [0, 0.05) is 43.9 Å². The fraction of sp³-hybridized carbons (Fsp3) is 0.381. The van der Waals surface area contributed by atoms with Gasteiger partial charge >= 0.3 is 0 Å². The Bertz CT molecular complexity index is 886. The number of carbonyl (C=O) groups excluding carboxylic acids is 2. The molecule has 0 bridgehead atoms. The number of fused-ring (bicyclic) bond motifs is 1. The van der Waals surface area contributed by atoms with Gasteiger partial charge < -0.3 is 16.0 Å². The Morgan fingerprint density at radius 1 is 1.15 bits per heavy atom. The smallest absolute Gasteiger partial charge is 0.269 e. The maximum Gasteiger partial charge on any atom is 0.269 e. The number of aryl methyl sites for hydroxylation is 1. The van der Waals surface area contributed by atoms with Crippen molar-refractivity contribution in [2.24, 2.45) is 11.8 Å². The van der Waals surface area contributed by atoms with Crippen LogP contribution < -0.4 is 16.0 Å². The molecule has 2 aliphatic rings. The number of pyridine rings is 1. The summed E-state index contributed by atoms with van der Waals surface area (Å²) in [7, 11) is 1.56. The molecule has 0 radical (unpaired) electrons. The Kier molecular flexibility index (Phi) is 4.66. The lowest BCUT2D eigenvalue weighted by molar-refractivity contribution is 0.0946. The topological polar surface area (TPSA) is 83.1 Å². The number of nitrogens with zero attached hydrogens (tertiary/aromatic N) is 1. The molecule has 0 spiro atoms. The minimum atomic E-state index is -0.289. The maximum absolute atomic E-state index is 12.8. The van der Waals surface area contributed by atoms with Crippen LogP contribution in [0.2, 0.25) is 0 Å². The van der Waals surface area contributed by atoms with Crippen LogP contribution >= 0.6 is 0 Å². The van der Waals surface area contributed by atoms with Crippen molar-refractivity contribution in [1.29, 1.82) is 0 Å². The average molecular weight is 364 g/mol. The van der Waals surface area contributed by atoms with E-state index in [-0.39, 0.29) is 23.6 Å². The van der Waals surface area contributed by atoms with Gasteiger partial charge in [0.15, 0.2) is 0 Å². The van der Waals surface area contributed by atoms with Gasteiger partial charge in [-0.3, -0.25) is 9.59 Å². The summed E-state index contributed by atoms with van der Waals surface area (Å²) in [5.41, 5.74) is 3.74. The highest BCUT2D eigenvalue weighted by atomic mass is 16.2. The Hall–Kier alpha value is -2.73. The zero-order valence-electron chi connectivity index (χ0n) is 15.6. The van der Waals surface area contributed by atoms with Crippen molar-refractivity contribution in [2.45, 2.75) is 19.4 Å². The maximum atomic E-state index is 12.8. The molecule has 1 unspecified atom stereocenters. The zero-order chi connectivity index (χ0) is 19.0. The van der Waals surface area contributed by atoms with E-state index in [9.17, 15) is 9.59 Å². The summed E-state index contributed by atoms with van der Waals surface area (Å²) in [6, 6.07) is 11.8. The van der Waals surface area contributed by atoms with E-state index >= 15 is 0 Å². The third-order valence-corrected chi connectivity index (χ3v) is 5.46. The number of rotatable bonds is 5. The molecule has 1 aromatic carbocycles. The van der Waals surface area contributed by atoms with E-state index in [1.165, 1.54) is 5.56 Å². The van der Waals surface area contributed by atoms with Crippen molar-refractivity contribution in [3.05, 3.63) is 64.5 Å². The largest absolute Gasteiger partial charge is 0.354 e. The monoisotopic (exact) mass is 364 g/mol. The Morgan fingerprint density at radius 2 is 1.93 bits per heavy atom. The lowest BCUT2D eigenvalue weighted by Gasteiger charge is -2.11. The first-order chi connectivity index (χ1) is 13.0. The second-order valence-corrected chi connectivity index (χ2v) is 7.46. The third-order valence-electron chi connectivity index (χ3n) is 5.46. The van der Waals surface area contributed by atoms with Crippen molar-refractivity contribution < 1.29 is 9.59 Å². The average Bonchev–Trinajstić information content (AvgIpc) is 3.08. The fourth-order valence-electron chi connectivity index (χ4n) is 3.95. The zero-order valence-corrected chi connectivity index (χ0v) is 15.6. The SMILES string of the molecule is CNC(=O)c1cc(C(=O)NC2[C@H]3CNC[C@@H]23)cc(Cc2cccc(C)c2)n1. The molecule has 3 N–H and O–H groups in total. The second-order valence-electron chi connectivity index (χ2n) is 7.46. The van der Waals surface area contributed by atoms with Gasteiger partial charge in [0.2, 0.25) is 0 Å². The third kappa shape index (κ3) is 3.71. The summed E-state index contributed by atoms with van der Waals surface area (Å²) >= 11 is 0. The van der Waals surface area contributed by atoms with Crippen LogP contribution in [0.5, 0.6) is 0 Å². The summed E-state index contributed by atoms with van der Waals surface area (Å²) in [6.45, 7) is 3.97. The number of nitrogens with one attached hydrogen (secondary N) is 3. The Morgan fingerprint density at radius 3 is 2.63 bits per heavy atom. The highest BCUT2D eigenvalue weighted by Gasteiger charge is 2.53. The van der Waals surface area contributed by atoms with E-state index in [0.29, 0.717) is 29.5 Å². The van der Waals surface area contributed by atoms with Crippen LogP contribution in [0.1, 0.15) is 37.7 Å². The van der Waals surface area contributed by atoms with Crippen molar-refractivity contribution in [1.82, 2.24) is 20.9 Å². The van der Waals surface area contributed by atoms with Gasteiger partial charge in [0.05, 0.1) is 0 Å². The number of carbonyl (C=O) groups is 2. The van der Waals surface area contributed by atoms with Crippen LogP contribution in [-0.2, 0) is 6.42 Å². The van der Waals surface area contributed by atoms with Crippen LogP contribution in [0, 0.1) is 18.8 Å². The standard InChI is InChI=1S/C21H24N4O2/c1-12-4-3-5-13(6-12)7-15-8-14(9-18(24-15)21(27)22-2)20(26)25-19-16-10-23-11-17(16)19/h3-6,8-9,16-17,19,23H,7,10-11H2,1-2H3,(H,22,27)(H,25,26)/t16-,17+,19?. The van der Waals surface area contributed by atoms with Gasteiger partial charge in [-0.25, -0.2) is 4.98 Å². The molecule has 4 rings (SSSR count). The summed E-state index contributed by atoms with van der Waals surface area (Å²) in [4.78, 5) is 29.3. The lowest BCUT2D eigenvalue weighted by atomic mass is 10.0. The highest BCUT2D eigenvalue weighted by Crippen LogP contribution is 2.41. The van der Waals surface area contributed by atoms with Gasteiger partial charge in [-0.1, -0.05) is 29.8 Å². The van der Waals surface area contributed by atoms with Gasteiger partial charge in [-0.05, 0) is 36.5 Å². The van der Waals surface area contributed by atoms with E-state index < -0.39 is 0 Å². The molecule has 3 atom stereocenters. The molecule has 2 aromatic rings. The number of amides is 2. The van der Waals surface area contributed by atoms with Crippen molar-refractivity contribution in [3.63, 3.8) is 0 Å². The Balaban J connectivity index is 1.58. The second kappa shape index (κ2) is 7.12. The summed E-state index contributed by atoms with van der Waals surface area (Å²) in [6.07, 6.45) is 0.575. The fourth-order valence-corrected chi connectivity index (χ4v) is 3.95. The quantitative estimate of drug-likeness (QED) is 0.747. The minimum Gasteiger partial charge on any atom is -0.354 e.